The summed E-state index contributed by atoms with van der Waals surface area (Å²) in [5.41, 5.74) is 3.07. The number of benzene rings is 2. The van der Waals surface area contributed by atoms with E-state index >= 15 is 0 Å². The fraction of sp³-hybridized carbons (Fsp3) is 0.273. The lowest BCUT2D eigenvalue weighted by Crippen LogP contribution is -2.46. The first-order valence-corrected chi connectivity index (χ1v) is 9.30. The molecule has 0 unspecified atom stereocenters. The summed E-state index contributed by atoms with van der Waals surface area (Å²) in [5.74, 6) is -2.28. The van der Waals surface area contributed by atoms with Gasteiger partial charge in [0.15, 0.2) is 6.10 Å². The number of hydrogen-bond donors (Lipinski definition) is 1. The summed E-state index contributed by atoms with van der Waals surface area (Å²) >= 11 is 0. The van der Waals surface area contributed by atoms with Gasteiger partial charge in [0.25, 0.3) is 11.8 Å². The van der Waals surface area contributed by atoms with Gasteiger partial charge in [-0.1, -0.05) is 48.0 Å². The molecule has 0 spiro atoms. The first-order chi connectivity index (χ1) is 13.8. The minimum atomic E-state index is -1.05. The molecule has 2 aromatic rings. The Hall–Kier alpha value is -3.48. The molecule has 29 heavy (non-hydrogen) atoms. The Morgan fingerprint density at radius 1 is 1.10 bits per heavy atom. The molecule has 0 saturated carbocycles. The van der Waals surface area contributed by atoms with Gasteiger partial charge in [-0.2, -0.15) is 0 Å². The fourth-order valence-corrected chi connectivity index (χ4v) is 3.02. The van der Waals surface area contributed by atoms with E-state index in [1.165, 1.54) is 6.92 Å². The summed E-state index contributed by atoms with van der Waals surface area (Å²) in [5, 5.41) is 2.69. The second-order valence-corrected chi connectivity index (χ2v) is 6.95. The second-order valence-electron chi connectivity index (χ2n) is 6.95. The number of imide groups is 1. The Kier molecular flexibility index (Phi) is 6.07. The van der Waals surface area contributed by atoms with Gasteiger partial charge in [-0.3, -0.25) is 24.1 Å². The third-order valence-electron chi connectivity index (χ3n) is 4.69. The molecular formula is C22H22N2O5. The maximum atomic E-state index is 12.5. The number of carbonyl (C=O) groups is 4. The molecule has 0 saturated heterocycles. The van der Waals surface area contributed by atoms with Crippen molar-refractivity contribution >= 4 is 23.7 Å². The van der Waals surface area contributed by atoms with E-state index in [4.69, 9.17) is 4.74 Å². The SMILES string of the molecule is Cc1ccc(CNC(=O)[C@H](C)OC(=O)CN2C(=O)Cc3ccccc3C2=O)cc1. The van der Waals surface area contributed by atoms with Gasteiger partial charge in [0.1, 0.15) is 6.54 Å². The maximum absolute atomic E-state index is 12.5. The molecule has 150 valence electrons. The third-order valence-corrected chi connectivity index (χ3v) is 4.69. The highest BCUT2D eigenvalue weighted by Crippen LogP contribution is 2.19. The molecule has 1 heterocycles. The zero-order valence-corrected chi connectivity index (χ0v) is 16.3. The van der Waals surface area contributed by atoms with Crippen molar-refractivity contribution in [2.45, 2.75) is 32.9 Å². The van der Waals surface area contributed by atoms with Crippen LogP contribution in [-0.4, -0.2) is 41.2 Å². The predicted octanol–water partition coefficient (Wildman–Crippen LogP) is 1.77. The van der Waals surface area contributed by atoms with Crippen LogP contribution in [0.2, 0.25) is 0 Å². The lowest BCUT2D eigenvalue weighted by atomic mass is 9.98. The second kappa shape index (κ2) is 8.68. The summed E-state index contributed by atoms with van der Waals surface area (Å²) in [6.45, 7) is 3.19. The van der Waals surface area contributed by atoms with E-state index in [2.05, 4.69) is 5.32 Å². The number of ether oxygens (including phenoxy) is 1. The average Bonchev–Trinajstić information content (AvgIpc) is 2.70. The lowest BCUT2D eigenvalue weighted by Gasteiger charge is -2.26. The average molecular weight is 394 g/mol. The van der Waals surface area contributed by atoms with Crippen molar-refractivity contribution in [2.24, 2.45) is 0 Å². The van der Waals surface area contributed by atoms with E-state index in [1.807, 2.05) is 31.2 Å². The Morgan fingerprint density at radius 3 is 2.52 bits per heavy atom. The Morgan fingerprint density at radius 2 is 1.79 bits per heavy atom. The first-order valence-electron chi connectivity index (χ1n) is 9.30. The Balaban J connectivity index is 1.53. The quantitative estimate of drug-likeness (QED) is 0.595. The summed E-state index contributed by atoms with van der Waals surface area (Å²) in [4.78, 5) is 49.9. The monoisotopic (exact) mass is 394 g/mol. The predicted molar refractivity (Wildman–Crippen MR) is 105 cm³/mol. The number of rotatable bonds is 6. The highest BCUT2D eigenvalue weighted by molar-refractivity contribution is 6.11. The normalized spacial score (nSPS) is 14.2. The van der Waals surface area contributed by atoms with Gasteiger partial charge in [-0.15, -0.1) is 0 Å². The first kappa shape index (κ1) is 20.3. The van der Waals surface area contributed by atoms with Gasteiger partial charge < -0.3 is 10.1 Å². The van der Waals surface area contributed by atoms with Crippen molar-refractivity contribution in [3.8, 4) is 0 Å². The molecule has 1 atom stereocenters. The van der Waals surface area contributed by atoms with Gasteiger partial charge in [0, 0.05) is 12.1 Å². The van der Waals surface area contributed by atoms with Crippen molar-refractivity contribution in [3.05, 3.63) is 70.8 Å². The topological polar surface area (TPSA) is 92.8 Å². The van der Waals surface area contributed by atoms with Crippen LogP contribution >= 0.6 is 0 Å². The molecular weight excluding hydrogens is 372 g/mol. The number of carbonyl (C=O) groups excluding carboxylic acids is 4. The zero-order chi connectivity index (χ0) is 21.0. The van der Waals surface area contributed by atoms with E-state index in [-0.39, 0.29) is 6.42 Å². The molecule has 7 heteroatoms. The van der Waals surface area contributed by atoms with Crippen molar-refractivity contribution in [3.63, 3.8) is 0 Å². The van der Waals surface area contributed by atoms with E-state index in [1.54, 1.807) is 24.3 Å². The van der Waals surface area contributed by atoms with Gasteiger partial charge in [0.05, 0.1) is 6.42 Å². The lowest BCUT2D eigenvalue weighted by molar-refractivity contribution is -0.156. The van der Waals surface area contributed by atoms with Crippen molar-refractivity contribution in [2.75, 3.05) is 6.54 Å². The van der Waals surface area contributed by atoms with Crippen LogP contribution in [0.25, 0.3) is 0 Å². The molecule has 0 radical (unpaired) electrons. The molecule has 7 nitrogen and oxygen atoms in total. The molecule has 0 aliphatic carbocycles. The Labute approximate surface area is 168 Å². The number of fused-ring (bicyclic) bond motifs is 1. The van der Waals surface area contributed by atoms with Crippen LogP contribution in [0.3, 0.4) is 0 Å². The minimum Gasteiger partial charge on any atom is -0.451 e. The van der Waals surface area contributed by atoms with Crippen LogP contribution in [0.15, 0.2) is 48.5 Å². The van der Waals surface area contributed by atoms with Crippen LogP contribution in [0.4, 0.5) is 0 Å². The van der Waals surface area contributed by atoms with Gasteiger partial charge in [-0.05, 0) is 31.0 Å². The van der Waals surface area contributed by atoms with E-state index in [9.17, 15) is 19.2 Å². The van der Waals surface area contributed by atoms with Crippen LogP contribution in [-0.2, 0) is 32.1 Å². The van der Waals surface area contributed by atoms with E-state index < -0.39 is 36.3 Å². The van der Waals surface area contributed by atoms with E-state index in [0.717, 1.165) is 16.0 Å². The number of aryl methyl sites for hydroxylation is 1. The Bertz CT molecular complexity index is 952. The van der Waals surface area contributed by atoms with Crippen molar-refractivity contribution < 1.29 is 23.9 Å². The van der Waals surface area contributed by atoms with Crippen molar-refractivity contribution in [1.29, 1.82) is 0 Å². The minimum absolute atomic E-state index is 0.0434. The highest BCUT2D eigenvalue weighted by Gasteiger charge is 2.33. The largest absolute Gasteiger partial charge is 0.451 e. The van der Waals surface area contributed by atoms with Crippen LogP contribution in [0, 0.1) is 6.92 Å². The summed E-state index contributed by atoms with van der Waals surface area (Å²) in [7, 11) is 0. The van der Waals surface area contributed by atoms with Crippen molar-refractivity contribution in [1.82, 2.24) is 10.2 Å². The smallest absolute Gasteiger partial charge is 0.326 e. The summed E-state index contributed by atoms with van der Waals surface area (Å²) in [6.07, 6.45) is -1.00. The van der Waals surface area contributed by atoms with Crippen LogP contribution in [0.1, 0.15) is 34.0 Å². The van der Waals surface area contributed by atoms with Gasteiger partial charge in [0.2, 0.25) is 5.91 Å². The molecule has 0 bridgehead atoms. The highest BCUT2D eigenvalue weighted by atomic mass is 16.5. The summed E-state index contributed by atoms with van der Waals surface area (Å²) < 4.78 is 5.11. The molecule has 3 amide bonds. The van der Waals surface area contributed by atoms with Crippen LogP contribution in [0.5, 0.6) is 0 Å². The molecule has 1 aliphatic rings. The zero-order valence-electron chi connectivity index (χ0n) is 16.3. The van der Waals surface area contributed by atoms with Gasteiger partial charge >= 0.3 is 5.97 Å². The number of amides is 3. The molecule has 3 rings (SSSR count). The standard InChI is InChI=1S/C22H22N2O5/c1-14-7-9-16(10-8-14)12-23-21(27)15(2)29-20(26)13-24-19(25)11-17-5-3-4-6-18(17)22(24)28/h3-10,15H,11-13H2,1-2H3,(H,23,27)/t15-/m0/s1. The molecule has 0 fully saturated rings. The number of esters is 1. The maximum Gasteiger partial charge on any atom is 0.326 e. The number of hydrogen-bond acceptors (Lipinski definition) is 5. The molecule has 1 N–H and O–H groups in total. The number of nitrogens with one attached hydrogen (secondary N) is 1. The number of nitrogens with zero attached hydrogens (tertiary/aromatic N) is 1. The van der Waals surface area contributed by atoms with Crippen LogP contribution < -0.4 is 5.32 Å². The van der Waals surface area contributed by atoms with Gasteiger partial charge in [-0.25, -0.2) is 0 Å². The summed E-state index contributed by atoms with van der Waals surface area (Å²) in [6, 6.07) is 14.5. The molecule has 0 aromatic heterocycles. The fourth-order valence-electron chi connectivity index (χ4n) is 3.02. The third kappa shape index (κ3) is 4.87. The van der Waals surface area contributed by atoms with E-state index in [0.29, 0.717) is 17.7 Å². The molecule has 1 aliphatic heterocycles. The molecule has 2 aromatic carbocycles.